The Hall–Kier alpha value is -10.5. The zero-order valence-electron chi connectivity index (χ0n) is 61.2. The maximum absolute atomic E-state index is 7.15. The molecule has 30 aromatic carbocycles. The Labute approximate surface area is 621 Å². The molecule has 1 fully saturated rings. The lowest BCUT2D eigenvalue weighted by molar-refractivity contribution is 0.217. The third-order valence-corrected chi connectivity index (χ3v) is 34.0. The van der Waals surface area contributed by atoms with Crippen molar-refractivity contribution in [3.05, 3.63) is 117 Å². The van der Waals surface area contributed by atoms with Crippen LogP contribution in [0.25, 0.3) is 297 Å². The Balaban J connectivity index is 0.672. The van der Waals surface area contributed by atoms with Crippen LogP contribution in [0, 0.1) is 0 Å². The molecule has 0 saturated carbocycles. The quantitative estimate of drug-likeness (QED) is 0.0265. The summed E-state index contributed by atoms with van der Waals surface area (Å²) < 4.78 is 14.3. The molecule has 36 rings (SSSR count). The number of unbranched alkanes of at least 4 members (excludes halogenated alkanes) is 18. The Morgan fingerprint density at radius 2 is 0.615 bits per heavy atom. The van der Waals surface area contributed by atoms with E-state index >= 15 is 0 Å². The summed E-state index contributed by atoms with van der Waals surface area (Å²) >= 11 is 0. The summed E-state index contributed by atoms with van der Waals surface area (Å²) in [6, 6.07) is 17.5. The molecule has 30 aromatic rings. The average Bonchev–Trinajstić information content (AvgIpc) is 1.38. The van der Waals surface area contributed by atoms with E-state index in [1.54, 1.807) is 313 Å². The molecule has 1 heterocycles. The third-order valence-electron chi connectivity index (χ3n) is 34.0. The molecule has 508 valence electrons. The highest BCUT2D eigenvalue weighted by molar-refractivity contribution is 6.82. The maximum atomic E-state index is 7.15. The second-order valence-electron chi connectivity index (χ2n) is 37.8. The molecule has 1 saturated heterocycles. The van der Waals surface area contributed by atoms with Gasteiger partial charge in [-0.3, -0.25) is 4.90 Å². The number of ether oxygens (including phenoxy) is 2. The number of hydrogen-bond acceptors (Lipinski definition) is 3. The molecule has 1 unspecified atom stereocenters. The molecule has 3 nitrogen and oxygen atoms in total. The minimum Gasteiger partial charge on any atom is -0.493 e. The Morgan fingerprint density at radius 1 is 0.330 bits per heavy atom. The lowest BCUT2D eigenvalue weighted by Gasteiger charge is -2.52. The van der Waals surface area contributed by atoms with Crippen LogP contribution >= 0.6 is 0 Å². The number of likely N-dealkylation sites (tertiary alicyclic amines) is 1. The molecule has 6 aliphatic rings. The van der Waals surface area contributed by atoms with Gasteiger partial charge in [-0.15, -0.1) is 5.73 Å². The molecule has 0 bridgehead atoms. The number of benzene rings is 20. The molecular weight excluding hydrogens is 1320 g/mol. The highest BCUT2D eigenvalue weighted by Gasteiger charge is 2.76. The second kappa shape index (κ2) is 15.9. The van der Waals surface area contributed by atoms with Gasteiger partial charge in [0.2, 0.25) is 0 Å². The van der Waals surface area contributed by atoms with E-state index in [2.05, 4.69) is 91.2 Å². The topological polar surface area (TPSA) is 21.7 Å². The number of rotatable bonds is 29. The van der Waals surface area contributed by atoms with Crippen LogP contribution in [0.15, 0.2) is 78.1 Å². The van der Waals surface area contributed by atoms with Crippen LogP contribution in [0.4, 0.5) is 0 Å². The van der Waals surface area contributed by atoms with Crippen molar-refractivity contribution in [2.45, 2.75) is 166 Å². The molecule has 0 N–H and O–H groups in total. The predicted molar refractivity (Wildman–Crippen MR) is 464 cm³/mol. The lowest BCUT2D eigenvalue weighted by atomic mass is 9.47. The zero-order chi connectivity index (χ0) is 68.7. The van der Waals surface area contributed by atoms with Crippen molar-refractivity contribution in [3.8, 4) is 11.5 Å². The first-order chi connectivity index (χ1) is 54.2. The minimum atomic E-state index is -0.502. The monoisotopic (exact) mass is 1390 g/mol. The first kappa shape index (κ1) is 53.3. The fraction of sp³-hybridized carbons (Fsp3) is 0.274. The molecule has 2 spiro atoms. The van der Waals surface area contributed by atoms with Crippen molar-refractivity contribution in [1.82, 2.24) is 4.90 Å². The fourth-order valence-corrected chi connectivity index (χ4v) is 31.6. The van der Waals surface area contributed by atoms with Gasteiger partial charge in [-0.05, 0) is 373 Å². The van der Waals surface area contributed by atoms with Gasteiger partial charge in [-0.2, -0.15) is 0 Å². The molecular formula is C106H67NO2. The third kappa shape index (κ3) is 4.48. The number of nitrogens with zero attached hydrogens (tertiary/aromatic N) is 1. The van der Waals surface area contributed by atoms with Crippen LogP contribution in [0.2, 0.25) is 0 Å². The van der Waals surface area contributed by atoms with E-state index < -0.39 is 10.8 Å². The van der Waals surface area contributed by atoms with Gasteiger partial charge in [-0.1, -0.05) is 166 Å². The van der Waals surface area contributed by atoms with Crippen molar-refractivity contribution in [2.24, 2.45) is 0 Å². The molecule has 3 heteroatoms. The van der Waals surface area contributed by atoms with Gasteiger partial charge in [-0.25, -0.2) is 0 Å². The maximum Gasteiger partial charge on any atom is 0.123 e. The lowest BCUT2D eigenvalue weighted by Crippen LogP contribution is -2.51. The van der Waals surface area contributed by atoms with E-state index in [0.29, 0.717) is 0 Å². The fourth-order valence-electron chi connectivity index (χ4n) is 31.6. The van der Waals surface area contributed by atoms with Crippen LogP contribution in [0.1, 0.15) is 187 Å². The average molecular weight is 1390 g/mol. The van der Waals surface area contributed by atoms with Gasteiger partial charge in [0.05, 0.1) is 30.1 Å². The van der Waals surface area contributed by atoms with E-state index in [-0.39, 0.29) is 6.04 Å². The molecule has 1 atom stereocenters. The van der Waals surface area contributed by atoms with Crippen LogP contribution in [-0.2, 0) is 17.4 Å². The molecule has 0 aromatic heterocycles. The van der Waals surface area contributed by atoms with Crippen LogP contribution < -0.4 is 9.47 Å². The van der Waals surface area contributed by atoms with E-state index in [4.69, 9.17) is 9.47 Å². The van der Waals surface area contributed by atoms with Crippen molar-refractivity contribution in [1.29, 1.82) is 0 Å². The van der Waals surface area contributed by atoms with Gasteiger partial charge < -0.3 is 9.47 Å². The molecule has 1 aliphatic heterocycles. The summed E-state index contributed by atoms with van der Waals surface area (Å²) in [5.41, 5.74) is 14.7. The molecule has 109 heavy (non-hydrogen) atoms. The van der Waals surface area contributed by atoms with Crippen LogP contribution in [-0.4, -0.2) is 24.7 Å². The molecule has 5 aliphatic carbocycles. The number of allylic oxidation sites excluding steroid dienone is 4. The van der Waals surface area contributed by atoms with Gasteiger partial charge in [0.1, 0.15) is 11.5 Å². The first-order valence-electron chi connectivity index (χ1n) is 43.0. The summed E-state index contributed by atoms with van der Waals surface area (Å²) in [6.45, 7) is 7.84. The summed E-state index contributed by atoms with van der Waals surface area (Å²) in [4.78, 5) is 3.15. The summed E-state index contributed by atoms with van der Waals surface area (Å²) in [7, 11) is 0. The van der Waals surface area contributed by atoms with E-state index in [0.717, 1.165) is 56.2 Å². The van der Waals surface area contributed by atoms with Crippen molar-refractivity contribution in [3.63, 3.8) is 0 Å². The van der Waals surface area contributed by atoms with Crippen LogP contribution in [0.5, 0.6) is 11.5 Å². The molecule has 0 amide bonds. The van der Waals surface area contributed by atoms with Crippen molar-refractivity contribution < 1.29 is 9.47 Å². The van der Waals surface area contributed by atoms with Crippen molar-refractivity contribution >= 4 is 297 Å². The highest BCUT2D eigenvalue weighted by Crippen LogP contribution is 2.87. The normalized spacial score (nSPS) is 20.0. The van der Waals surface area contributed by atoms with Crippen LogP contribution in [0.3, 0.4) is 0 Å². The molecule has 0 radical (unpaired) electrons. The second-order valence-corrected chi connectivity index (χ2v) is 37.8. The van der Waals surface area contributed by atoms with E-state index in [1.807, 2.05) is 6.08 Å². The van der Waals surface area contributed by atoms with E-state index in [9.17, 15) is 0 Å². The largest absolute Gasteiger partial charge is 0.493 e. The smallest absolute Gasteiger partial charge is 0.123 e. The standard InChI is InChI=1S/C106H67NO2/c1-3-5-7-9-11-13-15-17-19-23-33-108-44-35-42(36-45(37-44)109-34-24-20-18-16-14-12-10-8-6-4-2)38-107-39-105-100-92-84-74-64-56-48-46-47-50-54-52(48)60-68-62(54)72-66-58(50)59-51(47)55-53-49(46)57(56)65-71-61(53)69-63(55)73-67(59)77-76(66)88-82(72)90-80(68)86(78(84)70(60)64)94(100)96(90)102-98(88)99-89(77)83(73)91-81(69)87-79(71)85(75(65)74)93(92)101(105)95(87)97(91)103(99)106(102,105)104(107)43-31-29-41(30-32-43)28-27-40-25-21-22-26-40/h21-22,25,27-32,35-37,104H,3-20,23-24,33-34,38-39H2,1-2H3/b28-27+. The SMILES string of the molecule is CCCCCCCCCCCCOc1cc(CN2CC34c5c6c7c8c9c%10c(c%11c%12c3c3c5c5c%13c6c6c7c7c9c9c%14c%10c%10c%11c%11c%12c%12c3c3c5c5c%13c%13c6c6c7c9c7c9c%14c%10c%10c%11c%11c%12c3c3c5c5c%13c6c7c6c9c%10c%11c3c56)C84C2c2ccc(/C=C/C3=C=CC=C3)cc2)cc(OCCCCCCCCCCCC)c1. The summed E-state index contributed by atoms with van der Waals surface area (Å²) in [5.74, 6) is 1.96. The first-order valence-corrected chi connectivity index (χ1v) is 43.0. The minimum absolute atomic E-state index is 0.0306. The summed E-state index contributed by atoms with van der Waals surface area (Å²) in [5, 5.41) is 89.3. The van der Waals surface area contributed by atoms with E-state index in [1.165, 1.54) is 132 Å². The summed E-state index contributed by atoms with van der Waals surface area (Å²) in [6.07, 6.45) is 37.2. The number of hydrogen-bond donors (Lipinski definition) is 0. The van der Waals surface area contributed by atoms with Crippen molar-refractivity contribution in [2.75, 3.05) is 19.8 Å². The Bertz CT molecular complexity index is 8670. The van der Waals surface area contributed by atoms with Gasteiger partial charge >= 0.3 is 0 Å². The van der Waals surface area contributed by atoms with Gasteiger partial charge in [0.15, 0.2) is 0 Å². The zero-order valence-corrected chi connectivity index (χ0v) is 61.2. The van der Waals surface area contributed by atoms with Gasteiger partial charge in [0.25, 0.3) is 0 Å². The predicted octanol–water partition coefficient (Wildman–Crippen LogP) is 29.8. The highest BCUT2D eigenvalue weighted by atomic mass is 16.5. The van der Waals surface area contributed by atoms with Gasteiger partial charge in [0, 0.05) is 24.7 Å². The Morgan fingerprint density at radius 3 is 0.908 bits per heavy atom. The Kier molecular flexibility index (Phi) is 7.80.